The molecule has 8 heteroatoms. The van der Waals surface area contributed by atoms with E-state index in [0.29, 0.717) is 16.5 Å². The van der Waals surface area contributed by atoms with E-state index in [-0.39, 0.29) is 18.7 Å². The van der Waals surface area contributed by atoms with Crippen LogP contribution in [0.4, 0.5) is 4.79 Å². The third kappa shape index (κ3) is 5.10. The number of carbonyl (C=O) groups is 3. The number of benzene rings is 2. The number of phenols is 1. The third-order valence-corrected chi connectivity index (χ3v) is 3.89. The van der Waals surface area contributed by atoms with Gasteiger partial charge >= 0.3 is 12.0 Å². The zero-order valence-electron chi connectivity index (χ0n) is 14.8. The minimum atomic E-state index is -0.735. The number of hydrogen-bond donors (Lipinski definition) is 3. The van der Waals surface area contributed by atoms with Crippen molar-refractivity contribution in [2.45, 2.75) is 13.0 Å². The molecule has 2 aromatic carbocycles. The first-order valence-corrected chi connectivity index (χ1v) is 8.47. The maximum atomic E-state index is 11.9. The Labute approximate surface area is 160 Å². The molecule has 0 saturated carbocycles. The normalized spacial score (nSPS) is 10.4. The van der Waals surface area contributed by atoms with Crippen molar-refractivity contribution in [3.8, 4) is 5.75 Å². The van der Waals surface area contributed by atoms with Crippen LogP contribution in [0.1, 0.15) is 11.1 Å². The number of imide groups is 1. The van der Waals surface area contributed by atoms with Gasteiger partial charge in [-0.05, 0) is 17.7 Å². The van der Waals surface area contributed by atoms with Crippen molar-refractivity contribution in [3.05, 3.63) is 65.9 Å². The molecule has 3 amide bonds. The summed E-state index contributed by atoms with van der Waals surface area (Å²) < 4.78 is 10.2. The first-order valence-electron chi connectivity index (χ1n) is 8.47. The van der Waals surface area contributed by atoms with E-state index in [0.717, 1.165) is 5.56 Å². The molecule has 3 N–H and O–H groups in total. The maximum absolute atomic E-state index is 11.9. The monoisotopic (exact) mass is 382 g/mol. The number of fused-ring (bicyclic) bond motifs is 1. The topological polar surface area (TPSA) is 118 Å². The Morgan fingerprint density at radius 3 is 2.64 bits per heavy atom. The lowest BCUT2D eigenvalue weighted by Crippen LogP contribution is -2.41. The van der Waals surface area contributed by atoms with E-state index >= 15 is 0 Å². The number of ether oxygens (including phenoxy) is 1. The van der Waals surface area contributed by atoms with Gasteiger partial charge in [-0.15, -0.1) is 0 Å². The highest BCUT2D eigenvalue weighted by Gasteiger charge is 2.14. The molecule has 0 atom stereocenters. The quantitative estimate of drug-likeness (QED) is 0.563. The van der Waals surface area contributed by atoms with Gasteiger partial charge in [0, 0.05) is 23.6 Å². The molecular formula is C20H18N2O6. The molecule has 0 fully saturated rings. The second-order valence-electron chi connectivity index (χ2n) is 6.00. The van der Waals surface area contributed by atoms with Gasteiger partial charge in [0.2, 0.25) is 0 Å². The Morgan fingerprint density at radius 2 is 1.86 bits per heavy atom. The Morgan fingerprint density at radius 1 is 1.07 bits per heavy atom. The van der Waals surface area contributed by atoms with Crippen molar-refractivity contribution in [3.63, 3.8) is 0 Å². The van der Waals surface area contributed by atoms with Crippen LogP contribution in [0.15, 0.2) is 59.2 Å². The number of esters is 1. The van der Waals surface area contributed by atoms with Crippen LogP contribution in [-0.4, -0.2) is 29.6 Å². The van der Waals surface area contributed by atoms with Gasteiger partial charge in [0.05, 0.1) is 12.7 Å². The number of rotatable bonds is 6. The summed E-state index contributed by atoms with van der Waals surface area (Å²) in [5, 5.41) is 14.7. The SMILES string of the molecule is O=C(COC(=O)Cc1coc2cc(O)ccc12)NC(=O)NCc1ccccc1. The number of urea groups is 1. The summed E-state index contributed by atoms with van der Waals surface area (Å²) in [6.07, 6.45) is 1.29. The fraction of sp³-hybridized carbons (Fsp3) is 0.150. The molecular weight excluding hydrogens is 364 g/mol. The minimum Gasteiger partial charge on any atom is -0.508 e. The smallest absolute Gasteiger partial charge is 0.321 e. The molecule has 0 radical (unpaired) electrons. The van der Waals surface area contributed by atoms with Gasteiger partial charge in [-0.25, -0.2) is 4.79 Å². The highest BCUT2D eigenvalue weighted by Crippen LogP contribution is 2.25. The van der Waals surface area contributed by atoms with Crippen LogP contribution < -0.4 is 10.6 Å². The van der Waals surface area contributed by atoms with Crippen molar-refractivity contribution in [2.75, 3.05) is 6.61 Å². The molecule has 0 spiro atoms. The van der Waals surface area contributed by atoms with Crippen LogP contribution in [0.25, 0.3) is 11.0 Å². The van der Waals surface area contributed by atoms with Crippen LogP contribution in [0, 0.1) is 0 Å². The Balaban J connectivity index is 1.42. The predicted molar refractivity (Wildman–Crippen MR) is 99.4 cm³/mol. The number of phenolic OH excluding ortho intramolecular Hbond substituents is 1. The molecule has 144 valence electrons. The predicted octanol–water partition coefficient (Wildman–Crippen LogP) is 2.25. The van der Waals surface area contributed by atoms with Crippen LogP contribution in [0.3, 0.4) is 0 Å². The van der Waals surface area contributed by atoms with Gasteiger partial charge < -0.3 is 19.6 Å². The van der Waals surface area contributed by atoms with E-state index in [1.165, 1.54) is 18.4 Å². The lowest BCUT2D eigenvalue weighted by Gasteiger charge is -2.07. The molecule has 1 heterocycles. The molecule has 28 heavy (non-hydrogen) atoms. The van der Waals surface area contributed by atoms with Gasteiger partial charge in [-0.2, -0.15) is 0 Å². The zero-order valence-corrected chi connectivity index (χ0v) is 14.8. The van der Waals surface area contributed by atoms with Gasteiger partial charge in [0.1, 0.15) is 11.3 Å². The van der Waals surface area contributed by atoms with Crippen LogP contribution in [-0.2, 0) is 27.3 Å². The van der Waals surface area contributed by atoms with Crippen LogP contribution in [0.5, 0.6) is 5.75 Å². The number of furan rings is 1. The number of hydrogen-bond acceptors (Lipinski definition) is 6. The first kappa shape index (κ1) is 19.0. The largest absolute Gasteiger partial charge is 0.508 e. The molecule has 0 bridgehead atoms. The molecule has 3 aromatic rings. The lowest BCUT2D eigenvalue weighted by atomic mass is 10.1. The van der Waals surface area contributed by atoms with Crippen molar-refractivity contribution >= 4 is 28.9 Å². The zero-order chi connectivity index (χ0) is 19.9. The highest BCUT2D eigenvalue weighted by molar-refractivity contribution is 5.95. The Kier molecular flexibility index (Phi) is 5.91. The molecule has 3 rings (SSSR count). The van der Waals surface area contributed by atoms with Crippen LogP contribution >= 0.6 is 0 Å². The Hall–Kier alpha value is -3.81. The van der Waals surface area contributed by atoms with Gasteiger partial charge in [0.15, 0.2) is 6.61 Å². The van der Waals surface area contributed by atoms with Crippen molar-refractivity contribution in [1.29, 1.82) is 0 Å². The number of amides is 3. The van der Waals surface area contributed by atoms with E-state index in [1.807, 2.05) is 30.3 Å². The van der Waals surface area contributed by atoms with Crippen molar-refractivity contribution in [1.82, 2.24) is 10.6 Å². The lowest BCUT2D eigenvalue weighted by molar-refractivity contribution is -0.147. The molecule has 8 nitrogen and oxygen atoms in total. The molecule has 0 aliphatic heterocycles. The van der Waals surface area contributed by atoms with Crippen LogP contribution in [0.2, 0.25) is 0 Å². The summed E-state index contributed by atoms with van der Waals surface area (Å²) in [7, 11) is 0. The van der Waals surface area contributed by atoms with E-state index in [1.54, 1.807) is 6.07 Å². The molecule has 0 saturated heterocycles. The molecule has 1 aromatic heterocycles. The number of carbonyl (C=O) groups excluding carboxylic acids is 3. The minimum absolute atomic E-state index is 0.0539. The standard InChI is InChI=1S/C20H18N2O6/c23-15-6-7-16-14(11-27-17(16)9-15)8-19(25)28-12-18(24)22-20(26)21-10-13-4-2-1-3-5-13/h1-7,9,11,23H,8,10,12H2,(H2,21,22,24,26). The fourth-order valence-electron chi connectivity index (χ4n) is 2.55. The van der Waals surface area contributed by atoms with E-state index in [4.69, 9.17) is 9.15 Å². The summed E-state index contributed by atoms with van der Waals surface area (Å²) in [6.45, 7) is -0.309. The van der Waals surface area contributed by atoms with Gasteiger partial charge in [-0.1, -0.05) is 30.3 Å². The summed E-state index contributed by atoms with van der Waals surface area (Å²) >= 11 is 0. The third-order valence-electron chi connectivity index (χ3n) is 3.89. The molecule has 0 aliphatic rings. The summed E-state index contributed by atoms with van der Waals surface area (Å²) in [6, 6.07) is 13.1. The first-order chi connectivity index (χ1) is 13.5. The average molecular weight is 382 g/mol. The number of nitrogens with one attached hydrogen (secondary N) is 2. The van der Waals surface area contributed by atoms with Gasteiger partial charge in [0.25, 0.3) is 5.91 Å². The van der Waals surface area contributed by atoms with Crippen molar-refractivity contribution < 1.29 is 28.6 Å². The summed E-state index contributed by atoms with van der Waals surface area (Å²) in [5.41, 5.74) is 1.90. The van der Waals surface area contributed by atoms with E-state index < -0.39 is 24.5 Å². The second-order valence-corrected chi connectivity index (χ2v) is 6.00. The average Bonchev–Trinajstić information content (AvgIpc) is 3.07. The Bertz CT molecular complexity index is 996. The summed E-state index contributed by atoms with van der Waals surface area (Å²) in [4.78, 5) is 35.3. The summed E-state index contributed by atoms with van der Waals surface area (Å²) in [5.74, 6) is -1.32. The van der Waals surface area contributed by atoms with Crippen molar-refractivity contribution in [2.24, 2.45) is 0 Å². The highest BCUT2D eigenvalue weighted by atomic mass is 16.5. The number of aromatic hydroxyl groups is 1. The molecule has 0 unspecified atom stereocenters. The van der Waals surface area contributed by atoms with Gasteiger partial charge in [-0.3, -0.25) is 14.9 Å². The maximum Gasteiger partial charge on any atom is 0.321 e. The fourth-order valence-corrected chi connectivity index (χ4v) is 2.55. The van der Waals surface area contributed by atoms with E-state index in [2.05, 4.69) is 10.6 Å². The molecule has 0 aliphatic carbocycles. The second kappa shape index (κ2) is 8.72. The van der Waals surface area contributed by atoms with E-state index in [9.17, 15) is 19.5 Å².